The van der Waals surface area contributed by atoms with Gasteiger partial charge in [-0.3, -0.25) is 14.2 Å². The van der Waals surface area contributed by atoms with Crippen molar-refractivity contribution in [2.45, 2.75) is 40.3 Å². The summed E-state index contributed by atoms with van der Waals surface area (Å²) in [5.41, 5.74) is 5.86. The summed E-state index contributed by atoms with van der Waals surface area (Å²) in [6, 6.07) is 1.71. The highest BCUT2D eigenvalue weighted by molar-refractivity contribution is 5.93. The summed E-state index contributed by atoms with van der Waals surface area (Å²) in [6.07, 6.45) is 2.35. The lowest BCUT2D eigenvalue weighted by atomic mass is 10.0. The van der Waals surface area contributed by atoms with Gasteiger partial charge in [0.05, 0.1) is 17.8 Å². The van der Waals surface area contributed by atoms with Crippen LogP contribution in [0.2, 0.25) is 0 Å². The van der Waals surface area contributed by atoms with E-state index in [1.165, 1.54) is 0 Å². The zero-order valence-electron chi connectivity index (χ0n) is 18.8. The predicted molar refractivity (Wildman–Crippen MR) is 115 cm³/mol. The first-order valence-corrected chi connectivity index (χ1v) is 10.6. The van der Waals surface area contributed by atoms with Crippen LogP contribution in [0.4, 0.5) is 0 Å². The van der Waals surface area contributed by atoms with E-state index in [9.17, 15) is 4.79 Å². The first-order valence-electron chi connectivity index (χ1n) is 10.6. The lowest BCUT2D eigenvalue weighted by Crippen LogP contribution is -2.36. The Bertz CT molecular complexity index is 1320. The summed E-state index contributed by atoms with van der Waals surface area (Å²) in [5, 5.41) is 21.4. The third-order valence-corrected chi connectivity index (χ3v) is 6.11. The van der Waals surface area contributed by atoms with Crippen LogP contribution in [0, 0.1) is 13.8 Å². The summed E-state index contributed by atoms with van der Waals surface area (Å²) in [5.74, 6) is 1.07. The molecule has 11 nitrogen and oxygen atoms in total. The van der Waals surface area contributed by atoms with Crippen molar-refractivity contribution in [3.63, 3.8) is 0 Å². The van der Waals surface area contributed by atoms with Gasteiger partial charge >= 0.3 is 0 Å². The van der Waals surface area contributed by atoms with Crippen LogP contribution in [0.25, 0.3) is 22.8 Å². The number of carbonyl (C=O) groups excluding carboxylic acids is 1. The van der Waals surface area contributed by atoms with Gasteiger partial charge in [0.1, 0.15) is 12.0 Å². The van der Waals surface area contributed by atoms with Gasteiger partial charge < -0.3 is 14.0 Å². The molecule has 0 N–H and O–H groups in total. The molecule has 0 aromatic carbocycles. The van der Waals surface area contributed by atoms with E-state index in [0.29, 0.717) is 31.1 Å². The second kappa shape index (κ2) is 7.43. The van der Waals surface area contributed by atoms with Crippen LogP contribution in [0.1, 0.15) is 40.1 Å². The Morgan fingerprint density at radius 1 is 1.22 bits per heavy atom. The van der Waals surface area contributed by atoms with E-state index >= 15 is 0 Å². The van der Waals surface area contributed by atoms with Gasteiger partial charge in [0.15, 0.2) is 17.3 Å². The molecule has 1 aliphatic heterocycles. The number of nitrogens with zero attached hydrogens (tertiary/aromatic N) is 9. The molecule has 166 valence electrons. The number of aromatic nitrogens is 8. The van der Waals surface area contributed by atoms with Gasteiger partial charge in [0.2, 0.25) is 0 Å². The lowest BCUT2D eigenvalue weighted by Gasteiger charge is -2.26. The first kappa shape index (κ1) is 20.2. The highest BCUT2D eigenvalue weighted by Crippen LogP contribution is 2.31. The number of hydrogen-bond acceptors (Lipinski definition) is 7. The van der Waals surface area contributed by atoms with Crippen molar-refractivity contribution in [1.82, 2.24) is 44.4 Å². The molecule has 0 fully saturated rings. The van der Waals surface area contributed by atoms with E-state index in [2.05, 4.69) is 25.6 Å². The van der Waals surface area contributed by atoms with Gasteiger partial charge in [-0.1, -0.05) is 5.16 Å². The summed E-state index contributed by atoms with van der Waals surface area (Å²) in [7, 11) is 3.80. The van der Waals surface area contributed by atoms with Crippen molar-refractivity contribution in [2.24, 2.45) is 14.1 Å². The highest BCUT2D eigenvalue weighted by Gasteiger charge is 2.31. The fourth-order valence-electron chi connectivity index (χ4n) is 4.46. The molecular formula is C21H25N9O2. The molecule has 0 unspecified atom stereocenters. The van der Waals surface area contributed by atoms with E-state index in [0.717, 1.165) is 40.4 Å². The number of aryl methyl sites for hydroxylation is 4. The zero-order valence-corrected chi connectivity index (χ0v) is 18.8. The van der Waals surface area contributed by atoms with Crippen molar-refractivity contribution in [2.75, 3.05) is 6.54 Å². The van der Waals surface area contributed by atoms with Crippen molar-refractivity contribution in [3.8, 4) is 22.8 Å². The predicted octanol–water partition coefficient (Wildman–Crippen LogP) is 1.90. The number of hydrogen-bond donors (Lipinski definition) is 0. The number of fused-ring (bicyclic) bond motifs is 1. The van der Waals surface area contributed by atoms with Crippen LogP contribution in [0.3, 0.4) is 0 Å². The van der Waals surface area contributed by atoms with Crippen LogP contribution in [-0.4, -0.2) is 56.8 Å². The Labute approximate surface area is 184 Å². The molecule has 0 saturated heterocycles. The Morgan fingerprint density at radius 2 is 2.03 bits per heavy atom. The highest BCUT2D eigenvalue weighted by atomic mass is 16.5. The Hall–Kier alpha value is -3.76. The molecule has 0 spiro atoms. The van der Waals surface area contributed by atoms with Gasteiger partial charge in [-0.05, 0) is 20.8 Å². The maximum Gasteiger partial charge on any atom is 0.276 e. The first-order chi connectivity index (χ1) is 15.4. The van der Waals surface area contributed by atoms with Crippen LogP contribution in [-0.2, 0) is 33.6 Å². The fraction of sp³-hybridized carbons (Fsp3) is 0.429. The van der Waals surface area contributed by atoms with Gasteiger partial charge in [0, 0.05) is 56.6 Å². The summed E-state index contributed by atoms with van der Waals surface area (Å²) in [4.78, 5) is 15.1. The van der Waals surface area contributed by atoms with Crippen LogP contribution < -0.4 is 0 Å². The molecule has 0 radical (unpaired) electrons. The van der Waals surface area contributed by atoms with E-state index < -0.39 is 0 Å². The molecule has 4 aromatic rings. The molecule has 11 heteroatoms. The van der Waals surface area contributed by atoms with E-state index in [1.54, 1.807) is 17.3 Å². The Kier molecular flexibility index (Phi) is 4.68. The lowest BCUT2D eigenvalue weighted by molar-refractivity contribution is 0.0723. The fourth-order valence-corrected chi connectivity index (χ4v) is 4.46. The summed E-state index contributed by atoms with van der Waals surface area (Å²) in [6.45, 7) is 7.74. The smallest absolute Gasteiger partial charge is 0.276 e. The molecule has 0 saturated carbocycles. The average molecular weight is 435 g/mol. The molecule has 1 aliphatic rings. The number of carbonyl (C=O) groups is 1. The monoisotopic (exact) mass is 435 g/mol. The third kappa shape index (κ3) is 3.03. The van der Waals surface area contributed by atoms with Gasteiger partial charge in [-0.15, -0.1) is 10.2 Å². The maximum atomic E-state index is 13.3. The normalized spacial score (nSPS) is 13.6. The molecule has 4 aromatic heterocycles. The molecule has 0 atom stereocenters. The minimum atomic E-state index is -0.170. The zero-order chi connectivity index (χ0) is 22.6. The Balaban J connectivity index is 1.44. The van der Waals surface area contributed by atoms with Crippen molar-refractivity contribution in [1.29, 1.82) is 0 Å². The topological polar surface area (TPSA) is 113 Å². The van der Waals surface area contributed by atoms with Crippen LogP contribution >= 0.6 is 0 Å². The molecule has 0 bridgehead atoms. The molecule has 5 heterocycles. The quantitative estimate of drug-likeness (QED) is 0.481. The SMILES string of the molecule is CCn1nc(C)c(-c2cc(C(=O)N3CCc4c(c(-c5nncn5C)nn4C)C3)no2)c1C. The molecule has 5 rings (SSSR count). The number of rotatable bonds is 4. The molecular weight excluding hydrogens is 410 g/mol. The standard InChI is InChI=1S/C21H25N9O2/c1-6-30-13(3)18(12(2)24-30)17-9-15(26-32-17)21(31)29-8-7-16-14(10-29)19(25-28(16)5)20-23-22-11-27(20)4/h9,11H,6-8,10H2,1-5H3. The van der Waals surface area contributed by atoms with Crippen molar-refractivity contribution < 1.29 is 9.32 Å². The largest absolute Gasteiger partial charge is 0.355 e. The van der Waals surface area contributed by atoms with Gasteiger partial charge in [-0.25, -0.2) is 0 Å². The minimum Gasteiger partial charge on any atom is -0.355 e. The second-order valence-corrected chi connectivity index (χ2v) is 8.08. The summed E-state index contributed by atoms with van der Waals surface area (Å²) < 4.78 is 11.2. The van der Waals surface area contributed by atoms with E-state index in [4.69, 9.17) is 4.52 Å². The average Bonchev–Trinajstić information content (AvgIpc) is 3.54. The van der Waals surface area contributed by atoms with E-state index in [-0.39, 0.29) is 11.6 Å². The molecule has 32 heavy (non-hydrogen) atoms. The van der Waals surface area contributed by atoms with Crippen molar-refractivity contribution in [3.05, 3.63) is 40.7 Å². The van der Waals surface area contributed by atoms with Crippen molar-refractivity contribution >= 4 is 5.91 Å². The van der Waals surface area contributed by atoms with Gasteiger partial charge in [0.25, 0.3) is 5.91 Å². The molecule has 1 amide bonds. The van der Waals surface area contributed by atoms with Gasteiger partial charge in [-0.2, -0.15) is 10.2 Å². The van der Waals surface area contributed by atoms with Crippen LogP contribution in [0.5, 0.6) is 0 Å². The second-order valence-electron chi connectivity index (χ2n) is 8.08. The van der Waals surface area contributed by atoms with E-state index in [1.807, 2.05) is 48.8 Å². The minimum absolute atomic E-state index is 0.170. The van der Waals surface area contributed by atoms with Crippen LogP contribution in [0.15, 0.2) is 16.9 Å². The summed E-state index contributed by atoms with van der Waals surface area (Å²) >= 11 is 0. The number of amides is 1. The maximum absolute atomic E-state index is 13.3. The molecule has 0 aliphatic carbocycles. The Morgan fingerprint density at radius 3 is 2.72 bits per heavy atom. The third-order valence-electron chi connectivity index (χ3n) is 6.11.